The minimum Gasteiger partial charge on any atom is -0.369 e. The number of anilines is 1. The lowest BCUT2D eigenvalue weighted by molar-refractivity contribution is 0.0582. The SMILES string of the molecule is O=C(c1ccc(F)cc1)N1CCCCC1CCN1CCN(c2ccc(F)cc2)CC1. The number of piperazine rings is 1. The van der Waals surface area contributed by atoms with Crippen molar-refractivity contribution < 1.29 is 13.6 Å². The van der Waals surface area contributed by atoms with Gasteiger partial charge in [0, 0.05) is 56.6 Å². The van der Waals surface area contributed by atoms with E-state index in [0.29, 0.717) is 5.56 Å². The lowest BCUT2D eigenvalue weighted by Gasteiger charge is -2.39. The smallest absolute Gasteiger partial charge is 0.254 e. The number of nitrogens with zero attached hydrogens (tertiary/aromatic N) is 3. The van der Waals surface area contributed by atoms with Crippen LogP contribution in [0.5, 0.6) is 0 Å². The molecule has 0 saturated carbocycles. The van der Waals surface area contributed by atoms with Gasteiger partial charge in [0.25, 0.3) is 5.91 Å². The van der Waals surface area contributed by atoms with E-state index in [4.69, 9.17) is 0 Å². The van der Waals surface area contributed by atoms with Crippen LogP contribution in [0.15, 0.2) is 48.5 Å². The third-order valence-electron chi connectivity index (χ3n) is 6.32. The summed E-state index contributed by atoms with van der Waals surface area (Å²) < 4.78 is 26.3. The summed E-state index contributed by atoms with van der Waals surface area (Å²) in [5.41, 5.74) is 1.63. The highest BCUT2D eigenvalue weighted by Crippen LogP contribution is 2.23. The maximum Gasteiger partial charge on any atom is 0.254 e. The summed E-state index contributed by atoms with van der Waals surface area (Å²) in [5, 5.41) is 0. The molecule has 2 heterocycles. The second-order valence-corrected chi connectivity index (χ2v) is 8.25. The normalized spacial score (nSPS) is 20.4. The van der Waals surface area contributed by atoms with Crippen molar-refractivity contribution in [1.82, 2.24) is 9.80 Å². The van der Waals surface area contributed by atoms with Crippen LogP contribution in [0.3, 0.4) is 0 Å². The van der Waals surface area contributed by atoms with Crippen LogP contribution in [-0.4, -0.2) is 61.0 Å². The molecule has 6 heteroatoms. The van der Waals surface area contributed by atoms with Gasteiger partial charge in [0.1, 0.15) is 11.6 Å². The van der Waals surface area contributed by atoms with E-state index in [-0.39, 0.29) is 23.6 Å². The van der Waals surface area contributed by atoms with Gasteiger partial charge in [0.2, 0.25) is 0 Å². The lowest BCUT2D eigenvalue weighted by atomic mass is 9.97. The molecule has 1 atom stereocenters. The number of likely N-dealkylation sites (tertiary alicyclic amines) is 1. The molecule has 2 aliphatic rings. The highest BCUT2D eigenvalue weighted by Gasteiger charge is 2.28. The van der Waals surface area contributed by atoms with Crippen molar-refractivity contribution in [3.8, 4) is 0 Å². The van der Waals surface area contributed by atoms with Crippen molar-refractivity contribution in [3.63, 3.8) is 0 Å². The largest absolute Gasteiger partial charge is 0.369 e. The van der Waals surface area contributed by atoms with Gasteiger partial charge in [-0.3, -0.25) is 9.69 Å². The third kappa shape index (κ3) is 4.98. The molecule has 30 heavy (non-hydrogen) atoms. The van der Waals surface area contributed by atoms with Crippen molar-refractivity contribution in [3.05, 3.63) is 65.7 Å². The number of halogens is 2. The third-order valence-corrected chi connectivity index (χ3v) is 6.32. The molecule has 1 amide bonds. The zero-order chi connectivity index (χ0) is 20.9. The van der Waals surface area contributed by atoms with E-state index < -0.39 is 0 Å². The maximum atomic E-state index is 13.2. The molecule has 2 aromatic carbocycles. The quantitative estimate of drug-likeness (QED) is 0.736. The molecule has 1 unspecified atom stereocenters. The van der Waals surface area contributed by atoms with Gasteiger partial charge in [-0.2, -0.15) is 0 Å². The van der Waals surface area contributed by atoms with Gasteiger partial charge in [-0.15, -0.1) is 0 Å². The minimum atomic E-state index is -0.318. The van der Waals surface area contributed by atoms with Crippen LogP contribution in [0.2, 0.25) is 0 Å². The average Bonchev–Trinajstić information content (AvgIpc) is 2.79. The van der Waals surface area contributed by atoms with Crippen LogP contribution < -0.4 is 4.90 Å². The molecule has 2 aromatic rings. The molecule has 0 spiro atoms. The first kappa shape index (κ1) is 20.8. The number of carbonyl (C=O) groups excluding carboxylic acids is 1. The Balaban J connectivity index is 1.29. The summed E-state index contributed by atoms with van der Waals surface area (Å²) in [7, 11) is 0. The summed E-state index contributed by atoms with van der Waals surface area (Å²) in [6, 6.07) is 12.8. The predicted molar refractivity (Wildman–Crippen MR) is 115 cm³/mol. The van der Waals surface area contributed by atoms with Gasteiger partial charge in [0.15, 0.2) is 0 Å². The highest BCUT2D eigenvalue weighted by molar-refractivity contribution is 5.94. The minimum absolute atomic E-state index is 0.0147. The van der Waals surface area contributed by atoms with Crippen LogP contribution in [-0.2, 0) is 0 Å². The molecular formula is C24H29F2N3O. The number of piperidine rings is 1. The van der Waals surface area contributed by atoms with E-state index in [1.807, 2.05) is 17.0 Å². The molecule has 2 fully saturated rings. The van der Waals surface area contributed by atoms with Gasteiger partial charge < -0.3 is 9.80 Å². The average molecular weight is 414 g/mol. The van der Waals surface area contributed by atoms with Gasteiger partial charge in [-0.05, 0) is 74.2 Å². The van der Waals surface area contributed by atoms with Crippen LogP contribution in [0.25, 0.3) is 0 Å². The summed E-state index contributed by atoms with van der Waals surface area (Å²) >= 11 is 0. The molecule has 160 valence electrons. The fraction of sp³-hybridized carbons (Fsp3) is 0.458. The summed E-state index contributed by atoms with van der Waals surface area (Å²) in [6.45, 7) is 5.53. The van der Waals surface area contributed by atoms with Crippen molar-refractivity contribution in [2.24, 2.45) is 0 Å². The second kappa shape index (κ2) is 9.56. The summed E-state index contributed by atoms with van der Waals surface area (Å²) in [4.78, 5) is 19.7. The summed E-state index contributed by atoms with van der Waals surface area (Å²) in [6.07, 6.45) is 4.17. The zero-order valence-corrected chi connectivity index (χ0v) is 17.3. The van der Waals surface area contributed by atoms with E-state index in [9.17, 15) is 13.6 Å². The van der Waals surface area contributed by atoms with Crippen LogP contribution in [0.1, 0.15) is 36.0 Å². The molecule has 2 saturated heterocycles. The van der Waals surface area contributed by atoms with Gasteiger partial charge in [-0.25, -0.2) is 8.78 Å². The molecule has 2 aliphatic heterocycles. The number of benzene rings is 2. The van der Waals surface area contributed by atoms with Gasteiger partial charge >= 0.3 is 0 Å². The predicted octanol–water partition coefficient (Wildman–Crippen LogP) is 4.17. The van der Waals surface area contributed by atoms with E-state index in [1.165, 1.54) is 24.3 Å². The van der Waals surface area contributed by atoms with E-state index in [1.54, 1.807) is 12.1 Å². The Morgan fingerprint density at radius 1 is 0.833 bits per heavy atom. The molecule has 0 aromatic heterocycles. The van der Waals surface area contributed by atoms with E-state index >= 15 is 0 Å². The maximum absolute atomic E-state index is 13.2. The molecule has 4 nitrogen and oxygen atoms in total. The van der Waals surface area contributed by atoms with Crippen LogP contribution in [0, 0.1) is 11.6 Å². The lowest BCUT2D eigenvalue weighted by Crippen LogP contribution is -2.49. The van der Waals surface area contributed by atoms with Gasteiger partial charge in [0.05, 0.1) is 0 Å². The Bertz CT molecular complexity index is 833. The van der Waals surface area contributed by atoms with Crippen molar-refractivity contribution in [1.29, 1.82) is 0 Å². The number of amides is 1. The zero-order valence-electron chi connectivity index (χ0n) is 17.3. The molecular weight excluding hydrogens is 384 g/mol. The molecule has 4 rings (SSSR count). The second-order valence-electron chi connectivity index (χ2n) is 8.25. The Hall–Kier alpha value is -2.47. The molecule has 0 aliphatic carbocycles. The molecule has 0 bridgehead atoms. The molecule has 0 N–H and O–H groups in total. The van der Waals surface area contributed by atoms with Crippen LogP contribution in [0.4, 0.5) is 14.5 Å². The van der Waals surface area contributed by atoms with Crippen molar-refractivity contribution in [2.75, 3.05) is 44.2 Å². The Morgan fingerprint density at radius 3 is 2.13 bits per heavy atom. The number of hydrogen-bond acceptors (Lipinski definition) is 3. The monoisotopic (exact) mass is 413 g/mol. The Kier molecular flexibility index (Phi) is 6.62. The first-order valence-electron chi connectivity index (χ1n) is 10.9. The Morgan fingerprint density at radius 2 is 1.47 bits per heavy atom. The van der Waals surface area contributed by atoms with Crippen molar-refractivity contribution >= 4 is 11.6 Å². The highest BCUT2D eigenvalue weighted by atomic mass is 19.1. The van der Waals surface area contributed by atoms with Crippen LogP contribution >= 0.6 is 0 Å². The molecule has 0 radical (unpaired) electrons. The fourth-order valence-corrected chi connectivity index (χ4v) is 4.54. The standard InChI is InChI=1S/C24H29F2N3O/c25-20-6-4-19(5-7-20)24(30)29-13-2-1-3-23(29)12-14-27-15-17-28(18-16-27)22-10-8-21(26)9-11-22/h4-11,23H,1-3,12-18H2. The summed E-state index contributed by atoms with van der Waals surface area (Å²) in [5.74, 6) is -0.507. The Labute approximate surface area is 177 Å². The number of carbonyl (C=O) groups is 1. The first-order valence-corrected chi connectivity index (χ1v) is 10.9. The van der Waals surface area contributed by atoms with Crippen molar-refractivity contribution in [2.45, 2.75) is 31.7 Å². The number of hydrogen-bond donors (Lipinski definition) is 0. The van der Waals surface area contributed by atoms with E-state index in [2.05, 4.69) is 9.80 Å². The van der Waals surface area contributed by atoms with Gasteiger partial charge in [-0.1, -0.05) is 0 Å². The fourth-order valence-electron chi connectivity index (χ4n) is 4.54. The topological polar surface area (TPSA) is 26.8 Å². The van der Waals surface area contributed by atoms with E-state index in [0.717, 1.165) is 70.6 Å². The number of rotatable bonds is 5. The first-order chi connectivity index (χ1) is 14.6.